The van der Waals surface area contributed by atoms with Crippen LogP contribution < -0.4 is 0 Å². The van der Waals surface area contributed by atoms with Crippen molar-refractivity contribution in [1.29, 1.82) is 0 Å². The molecule has 0 spiro atoms. The number of rotatable bonds is 3. The molecule has 4 heteroatoms. The second kappa shape index (κ2) is 6.71. The minimum atomic E-state index is 0.122. The molecule has 0 bridgehead atoms. The number of nitrogens with zero attached hydrogens (tertiary/aromatic N) is 2. The predicted molar refractivity (Wildman–Crippen MR) is 92.9 cm³/mol. The Morgan fingerprint density at radius 3 is 2.52 bits per heavy atom. The number of aryl methyl sites for hydroxylation is 2. The van der Waals surface area contributed by atoms with E-state index in [-0.39, 0.29) is 5.91 Å². The molecule has 3 nitrogen and oxygen atoms in total. The van der Waals surface area contributed by atoms with Gasteiger partial charge in [0.25, 0.3) is 5.91 Å². The molecular weight excluding hydrogens is 308 g/mol. The van der Waals surface area contributed by atoms with Crippen LogP contribution in [0.2, 0.25) is 5.02 Å². The van der Waals surface area contributed by atoms with Gasteiger partial charge in [0.05, 0.1) is 0 Å². The number of hydrogen-bond acceptors (Lipinski definition) is 2. The third kappa shape index (κ3) is 3.91. The fraction of sp³-hybridized carbons (Fsp3) is 0.368. The maximum Gasteiger partial charge on any atom is 0.253 e. The van der Waals surface area contributed by atoms with Crippen LogP contribution >= 0.6 is 11.6 Å². The van der Waals surface area contributed by atoms with E-state index >= 15 is 0 Å². The van der Waals surface area contributed by atoms with Gasteiger partial charge in [-0.3, -0.25) is 9.78 Å². The molecule has 1 fully saturated rings. The van der Waals surface area contributed by atoms with Crippen molar-refractivity contribution in [2.45, 2.75) is 26.7 Å². The van der Waals surface area contributed by atoms with E-state index in [1.807, 2.05) is 43.0 Å². The van der Waals surface area contributed by atoms with Gasteiger partial charge in [-0.2, -0.15) is 0 Å². The van der Waals surface area contributed by atoms with Crippen LogP contribution in [0.15, 0.2) is 36.4 Å². The quantitative estimate of drug-likeness (QED) is 0.851. The van der Waals surface area contributed by atoms with Crippen molar-refractivity contribution in [3.63, 3.8) is 0 Å². The molecule has 3 rings (SSSR count). The SMILES string of the molecule is Cc1cc(C(=O)N2CCC(Cc3ccc(Cl)cc3)C2)cc(C)n1. The Hall–Kier alpha value is -1.87. The average molecular weight is 329 g/mol. The number of pyridine rings is 1. The van der Waals surface area contributed by atoms with Crippen molar-refractivity contribution in [2.75, 3.05) is 13.1 Å². The molecule has 1 aromatic heterocycles. The second-order valence-corrected chi connectivity index (χ2v) is 6.81. The zero-order chi connectivity index (χ0) is 16.4. The molecule has 1 saturated heterocycles. The number of carbonyl (C=O) groups is 1. The number of hydrogen-bond donors (Lipinski definition) is 0. The molecule has 0 N–H and O–H groups in total. The smallest absolute Gasteiger partial charge is 0.253 e. The van der Waals surface area contributed by atoms with E-state index < -0.39 is 0 Å². The van der Waals surface area contributed by atoms with Gasteiger partial charge >= 0.3 is 0 Å². The second-order valence-electron chi connectivity index (χ2n) is 6.38. The van der Waals surface area contributed by atoms with Gasteiger partial charge in [-0.05, 0) is 62.4 Å². The van der Waals surface area contributed by atoms with Crippen LogP contribution in [0.3, 0.4) is 0 Å². The lowest BCUT2D eigenvalue weighted by atomic mass is 9.99. The highest BCUT2D eigenvalue weighted by molar-refractivity contribution is 6.30. The summed E-state index contributed by atoms with van der Waals surface area (Å²) in [6.45, 7) is 5.51. The van der Waals surface area contributed by atoms with E-state index in [2.05, 4.69) is 17.1 Å². The zero-order valence-corrected chi connectivity index (χ0v) is 14.3. The van der Waals surface area contributed by atoms with Crippen LogP contribution in [0.4, 0.5) is 0 Å². The van der Waals surface area contributed by atoms with Gasteiger partial charge in [0.15, 0.2) is 0 Å². The van der Waals surface area contributed by atoms with E-state index in [0.29, 0.717) is 5.92 Å². The molecule has 1 aliphatic rings. The molecule has 0 radical (unpaired) electrons. The number of aromatic nitrogens is 1. The molecule has 1 unspecified atom stereocenters. The lowest BCUT2D eigenvalue weighted by Crippen LogP contribution is -2.29. The molecule has 1 aliphatic heterocycles. The topological polar surface area (TPSA) is 33.2 Å². The van der Waals surface area contributed by atoms with E-state index in [0.717, 1.165) is 47.9 Å². The minimum Gasteiger partial charge on any atom is -0.338 e. The minimum absolute atomic E-state index is 0.122. The summed E-state index contributed by atoms with van der Waals surface area (Å²) in [6.07, 6.45) is 2.05. The molecule has 2 aromatic rings. The highest BCUT2D eigenvalue weighted by Crippen LogP contribution is 2.23. The van der Waals surface area contributed by atoms with Gasteiger partial charge in [0, 0.05) is 35.1 Å². The lowest BCUT2D eigenvalue weighted by Gasteiger charge is -2.17. The van der Waals surface area contributed by atoms with Crippen LogP contribution in [-0.4, -0.2) is 28.9 Å². The first kappa shape index (κ1) is 16.0. The number of amides is 1. The summed E-state index contributed by atoms with van der Waals surface area (Å²) in [4.78, 5) is 19.0. The summed E-state index contributed by atoms with van der Waals surface area (Å²) in [5.41, 5.74) is 3.82. The van der Waals surface area contributed by atoms with Gasteiger partial charge in [-0.25, -0.2) is 0 Å². The zero-order valence-electron chi connectivity index (χ0n) is 13.6. The van der Waals surface area contributed by atoms with E-state index in [1.165, 1.54) is 5.56 Å². The monoisotopic (exact) mass is 328 g/mol. The maximum absolute atomic E-state index is 12.7. The fourth-order valence-corrected chi connectivity index (χ4v) is 3.40. The van der Waals surface area contributed by atoms with Crippen molar-refractivity contribution < 1.29 is 4.79 Å². The van der Waals surface area contributed by atoms with Crippen molar-refractivity contribution >= 4 is 17.5 Å². The largest absolute Gasteiger partial charge is 0.338 e. The summed E-state index contributed by atoms with van der Waals surface area (Å²) in [5, 5.41) is 0.764. The first-order chi connectivity index (χ1) is 11.0. The Labute approximate surface area is 142 Å². The van der Waals surface area contributed by atoms with Gasteiger partial charge in [-0.1, -0.05) is 23.7 Å². The van der Waals surface area contributed by atoms with E-state index in [1.54, 1.807) is 0 Å². The van der Waals surface area contributed by atoms with Crippen LogP contribution in [0.1, 0.15) is 33.7 Å². The summed E-state index contributed by atoms with van der Waals surface area (Å²) in [6, 6.07) is 11.8. The first-order valence-electron chi connectivity index (χ1n) is 8.00. The maximum atomic E-state index is 12.7. The Morgan fingerprint density at radius 1 is 1.22 bits per heavy atom. The molecule has 0 saturated carbocycles. The highest BCUT2D eigenvalue weighted by Gasteiger charge is 2.27. The molecular formula is C19H21ClN2O. The third-order valence-electron chi connectivity index (χ3n) is 4.34. The van der Waals surface area contributed by atoms with Crippen molar-refractivity contribution in [2.24, 2.45) is 5.92 Å². The standard InChI is InChI=1S/C19H21ClN2O/c1-13-9-17(10-14(2)21-13)19(23)22-8-7-16(12-22)11-15-3-5-18(20)6-4-15/h3-6,9-10,16H,7-8,11-12H2,1-2H3. The summed E-state index contributed by atoms with van der Waals surface area (Å²) < 4.78 is 0. The Bertz CT molecular complexity index is 692. The molecule has 2 heterocycles. The van der Waals surface area contributed by atoms with Crippen molar-refractivity contribution in [3.8, 4) is 0 Å². The summed E-state index contributed by atoms with van der Waals surface area (Å²) in [7, 11) is 0. The van der Waals surface area contributed by atoms with Gasteiger partial charge < -0.3 is 4.90 Å². The van der Waals surface area contributed by atoms with Gasteiger partial charge in [0.2, 0.25) is 0 Å². The lowest BCUT2D eigenvalue weighted by molar-refractivity contribution is 0.0786. The number of benzene rings is 1. The molecule has 0 aliphatic carbocycles. The van der Waals surface area contributed by atoms with Crippen molar-refractivity contribution in [1.82, 2.24) is 9.88 Å². The molecule has 1 amide bonds. The Kier molecular flexibility index (Phi) is 4.67. The molecule has 1 atom stereocenters. The van der Waals surface area contributed by atoms with Gasteiger partial charge in [-0.15, -0.1) is 0 Å². The van der Waals surface area contributed by atoms with Crippen LogP contribution in [-0.2, 0) is 6.42 Å². The number of likely N-dealkylation sites (tertiary alicyclic amines) is 1. The summed E-state index contributed by atoms with van der Waals surface area (Å²) >= 11 is 5.93. The number of halogens is 1. The normalized spacial score (nSPS) is 17.5. The molecule has 120 valence electrons. The van der Waals surface area contributed by atoms with Crippen LogP contribution in [0, 0.1) is 19.8 Å². The molecule has 23 heavy (non-hydrogen) atoms. The average Bonchev–Trinajstić information content (AvgIpc) is 2.96. The van der Waals surface area contributed by atoms with E-state index in [4.69, 9.17) is 11.6 Å². The Morgan fingerprint density at radius 2 is 1.87 bits per heavy atom. The van der Waals surface area contributed by atoms with Crippen LogP contribution in [0.5, 0.6) is 0 Å². The highest BCUT2D eigenvalue weighted by atomic mass is 35.5. The first-order valence-corrected chi connectivity index (χ1v) is 8.38. The molecule has 1 aromatic carbocycles. The number of carbonyl (C=O) groups excluding carboxylic acids is 1. The fourth-order valence-electron chi connectivity index (χ4n) is 3.28. The Balaban J connectivity index is 1.64. The van der Waals surface area contributed by atoms with E-state index in [9.17, 15) is 4.79 Å². The summed E-state index contributed by atoms with van der Waals surface area (Å²) in [5.74, 6) is 0.640. The predicted octanol–water partition coefficient (Wildman–Crippen LogP) is 4.06. The third-order valence-corrected chi connectivity index (χ3v) is 4.59. The van der Waals surface area contributed by atoms with Gasteiger partial charge in [0.1, 0.15) is 0 Å². The van der Waals surface area contributed by atoms with Crippen LogP contribution in [0.25, 0.3) is 0 Å². The van der Waals surface area contributed by atoms with Crippen molar-refractivity contribution in [3.05, 3.63) is 63.9 Å².